The Morgan fingerprint density at radius 1 is 1.44 bits per heavy atom. The van der Waals surface area contributed by atoms with Crippen LogP contribution in [0.4, 0.5) is 15.8 Å². The van der Waals surface area contributed by atoms with E-state index < -0.39 is 5.82 Å². The minimum atomic E-state index is -0.407. The van der Waals surface area contributed by atoms with Crippen molar-refractivity contribution >= 4 is 11.4 Å². The standard InChI is InChI=1S/C11H13FN4/c1-16-8(5-6-15-16)7-14-10-4-2-3-9(12)11(10)13/h2-6,14H,7,13H2,1H3. The Morgan fingerprint density at radius 2 is 2.25 bits per heavy atom. The average molecular weight is 220 g/mol. The number of nitrogens with two attached hydrogens (primary N) is 1. The minimum absolute atomic E-state index is 0.143. The van der Waals surface area contributed by atoms with Crippen molar-refractivity contribution in [2.24, 2.45) is 7.05 Å². The lowest BCUT2D eigenvalue weighted by molar-refractivity contribution is 0.632. The number of nitrogens with zero attached hydrogens (tertiary/aromatic N) is 2. The van der Waals surface area contributed by atoms with Crippen LogP contribution in [-0.2, 0) is 13.6 Å². The highest BCUT2D eigenvalue weighted by atomic mass is 19.1. The number of anilines is 2. The lowest BCUT2D eigenvalue weighted by atomic mass is 10.2. The van der Waals surface area contributed by atoms with Crippen molar-refractivity contribution in [2.75, 3.05) is 11.1 Å². The molecular weight excluding hydrogens is 207 g/mol. The molecule has 4 nitrogen and oxygen atoms in total. The van der Waals surface area contributed by atoms with E-state index in [4.69, 9.17) is 5.73 Å². The Labute approximate surface area is 92.9 Å². The molecule has 0 unspecified atom stereocenters. The van der Waals surface area contributed by atoms with Crippen LogP contribution in [0.2, 0.25) is 0 Å². The summed E-state index contributed by atoms with van der Waals surface area (Å²) in [6.07, 6.45) is 1.71. The topological polar surface area (TPSA) is 55.9 Å². The number of rotatable bonds is 3. The van der Waals surface area contributed by atoms with Crippen molar-refractivity contribution in [3.05, 3.63) is 42.0 Å². The molecule has 16 heavy (non-hydrogen) atoms. The third-order valence-electron chi connectivity index (χ3n) is 2.44. The van der Waals surface area contributed by atoms with Crippen molar-refractivity contribution in [1.29, 1.82) is 0 Å². The van der Waals surface area contributed by atoms with Gasteiger partial charge < -0.3 is 11.1 Å². The normalized spacial score (nSPS) is 10.4. The van der Waals surface area contributed by atoms with E-state index in [1.807, 2.05) is 13.1 Å². The van der Waals surface area contributed by atoms with E-state index >= 15 is 0 Å². The zero-order valence-electron chi connectivity index (χ0n) is 8.94. The van der Waals surface area contributed by atoms with E-state index in [1.54, 1.807) is 23.0 Å². The van der Waals surface area contributed by atoms with E-state index in [0.29, 0.717) is 12.2 Å². The highest BCUT2D eigenvalue weighted by Crippen LogP contribution is 2.21. The van der Waals surface area contributed by atoms with Crippen LogP contribution in [0, 0.1) is 5.82 Å². The molecule has 0 atom stereocenters. The van der Waals surface area contributed by atoms with Crippen LogP contribution in [-0.4, -0.2) is 9.78 Å². The van der Waals surface area contributed by atoms with Crippen LogP contribution < -0.4 is 11.1 Å². The van der Waals surface area contributed by atoms with E-state index in [1.165, 1.54) is 6.07 Å². The summed E-state index contributed by atoms with van der Waals surface area (Å²) >= 11 is 0. The summed E-state index contributed by atoms with van der Waals surface area (Å²) in [4.78, 5) is 0. The van der Waals surface area contributed by atoms with Crippen molar-refractivity contribution in [3.63, 3.8) is 0 Å². The molecule has 2 aromatic rings. The van der Waals surface area contributed by atoms with Gasteiger partial charge in [-0.05, 0) is 18.2 Å². The summed E-state index contributed by atoms with van der Waals surface area (Å²) in [7, 11) is 1.85. The average Bonchev–Trinajstić information content (AvgIpc) is 2.67. The van der Waals surface area contributed by atoms with Gasteiger partial charge in [0.05, 0.1) is 23.6 Å². The number of benzene rings is 1. The first-order valence-electron chi connectivity index (χ1n) is 4.93. The van der Waals surface area contributed by atoms with Crippen LogP contribution in [0.15, 0.2) is 30.5 Å². The van der Waals surface area contributed by atoms with Gasteiger partial charge in [-0.1, -0.05) is 6.07 Å². The Hall–Kier alpha value is -2.04. The van der Waals surface area contributed by atoms with E-state index in [0.717, 1.165) is 5.69 Å². The summed E-state index contributed by atoms with van der Waals surface area (Å²) < 4.78 is 14.9. The summed E-state index contributed by atoms with van der Waals surface area (Å²) in [5.74, 6) is -0.407. The second kappa shape index (κ2) is 4.22. The molecule has 0 saturated carbocycles. The Morgan fingerprint density at radius 3 is 2.94 bits per heavy atom. The van der Waals surface area contributed by atoms with E-state index in [9.17, 15) is 4.39 Å². The molecule has 1 aromatic carbocycles. The second-order valence-electron chi connectivity index (χ2n) is 3.50. The molecule has 0 saturated heterocycles. The van der Waals surface area contributed by atoms with Gasteiger partial charge in [0.15, 0.2) is 0 Å². The Balaban J connectivity index is 2.11. The number of para-hydroxylation sites is 1. The van der Waals surface area contributed by atoms with Gasteiger partial charge in [-0.3, -0.25) is 4.68 Å². The molecule has 0 aliphatic rings. The van der Waals surface area contributed by atoms with Crippen molar-refractivity contribution in [2.45, 2.75) is 6.54 Å². The molecule has 1 aromatic heterocycles. The Kier molecular flexibility index (Phi) is 2.76. The summed E-state index contributed by atoms with van der Waals surface area (Å²) in [6.45, 7) is 0.560. The van der Waals surface area contributed by atoms with Gasteiger partial charge in [-0.15, -0.1) is 0 Å². The fourth-order valence-corrected chi connectivity index (χ4v) is 1.45. The third-order valence-corrected chi connectivity index (χ3v) is 2.44. The van der Waals surface area contributed by atoms with Gasteiger partial charge in [0.25, 0.3) is 0 Å². The number of aryl methyl sites for hydroxylation is 1. The van der Waals surface area contributed by atoms with Gasteiger partial charge in [-0.2, -0.15) is 5.10 Å². The lowest BCUT2D eigenvalue weighted by Crippen LogP contribution is -2.07. The van der Waals surface area contributed by atoms with Crippen LogP contribution >= 0.6 is 0 Å². The highest BCUT2D eigenvalue weighted by Gasteiger charge is 2.04. The van der Waals surface area contributed by atoms with E-state index in [-0.39, 0.29) is 5.69 Å². The maximum absolute atomic E-state index is 13.1. The number of nitrogens with one attached hydrogen (secondary N) is 1. The molecule has 0 bridgehead atoms. The molecule has 0 radical (unpaired) electrons. The van der Waals surface area contributed by atoms with Gasteiger partial charge in [0.2, 0.25) is 0 Å². The quantitative estimate of drug-likeness (QED) is 0.775. The van der Waals surface area contributed by atoms with Crippen molar-refractivity contribution in [1.82, 2.24) is 9.78 Å². The molecule has 0 fully saturated rings. The van der Waals surface area contributed by atoms with Crippen LogP contribution in [0.3, 0.4) is 0 Å². The predicted octanol–water partition coefficient (Wildman–Crippen LogP) is 1.75. The predicted molar refractivity (Wildman–Crippen MR) is 61.3 cm³/mol. The van der Waals surface area contributed by atoms with Crippen molar-refractivity contribution in [3.8, 4) is 0 Å². The van der Waals surface area contributed by atoms with Crippen LogP contribution in [0.5, 0.6) is 0 Å². The molecule has 0 aliphatic carbocycles. The van der Waals surface area contributed by atoms with Crippen molar-refractivity contribution < 1.29 is 4.39 Å². The zero-order valence-corrected chi connectivity index (χ0v) is 8.94. The molecular formula is C11H13FN4. The fraction of sp³-hybridized carbons (Fsp3) is 0.182. The number of aromatic nitrogens is 2. The highest BCUT2D eigenvalue weighted by molar-refractivity contribution is 5.66. The molecule has 0 spiro atoms. The monoisotopic (exact) mass is 220 g/mol. The number of halogens is 1. The first-order valence-corrected chi connectivity index (χ1v) is 4.93. The molecule has 1 heterocycles. The molecule has 0 aliphatic heterocycles. The van der Waals surface area contributed by atoms with Gasteiger partial charge >= 0.3 is 0 Å². The molecule has 2 rings (SSSR count). The molecule has 5 heteroatoms. The molecule has 84 valence electrons. The van der Waals surface area contributed by atoms with Crippen LogP contribution in [0.25, 0.3) is 0 Å². The smallest absolute Gasteiger partial charge is 0.148 e. The van der Waals surface area contributed by atoms with Gasteiger partial charge in [0, 0.05) is 13.2 Å². The van der Waals surface area contributed by atoms with Crippen LogP contribution in [0.1, 0.15) is 5.69 Å². The molecule has 0 amide bonds. The third kappa shape index (κ3) is 1.98. The van der Waals surface area contributed by atoms with Gasteiger partial charge in [-0.25, -0.2) is 4.39 Å². The number of hydrogen-bond acceptors (Lipinski definition) is 3. The Bertz CT molecular complexity index is 492. The second-order valence-corrected chi connectivity index (χ2v) is 3.50. The zero-order chi connectivity index (χ0) is 11.5. The summed E-state index contributed by atoms with van der Waals surface area (Å²) in [5.41, 5.74) is 7.35. The fourth-order valence-electron chi connectivity index (χ4n) is 1.45. The first kappa shape index (κ1) is 10.5. The molecule has 3 N–H and O–H groups in total. The maximum atomic E-state index is 13.1. The number of nitrogen functional groups attached to an aromatic ring is 1. The maximum Gasteiger partial charge on any atom is 0.148 e. The van der Waals surface area contributed by atoms with Gasteiger partial charge in [0.1, 0.15) is 5.82 Å². The van der Waals surface area contributed by atoms with E-state index in [2.05, 4.69) is 10.4 Å². The summed E-state index contributed by atoms with van der Waals surface area (Å²) in [6, 6.07) is 6.60. The minimum Gasteiger partial charge on any atom is -0.395 e. The SMILES string of the molecule is Cn1nccc1CNc1cccc(F)c1N. The largest absolute Gasteiger partial charge is 0.395 e. The first-order chi connectivity index (χ1) is 7.68. The summed E-state index contributed by atoms with van der Waals surface area (Å²) in [5, 5.41) is 7.11. The number of hydrogen-bond donors (Lipinski definition) is 2. The lowest BCUT2D eigenvalue weighted by Gasteiger charge is -2.09.